The molecule has 0 aromatic carbocycles. The number of allylic oxidation sites excluding steroid dienone is 18. The van der Waals surface area contributed by atoms with E-state index in [1.165, 1.54) is 167 Å². The molecule has 464 valence electrons. The van der Waals surface area contributed by atoms with Crippen molar-refractivity contribution < 1.29 is 28.6 Å². The summed E-state index contributed by atoms with van der Waals surface area (Å²) in [7, 11) is 0. The predicted molar refractivity (Wildman–Crippen MR) is 353 cm³/mol. The van der Waals surface area contributed by atoms with Crippen LogP contribution in [0.15, 0.2) is 109 Å². The molecule has 6 nitrogen and oxygen atoms in total. The Morgan fingerprint density at radius 1 is 0.259 bits per heavy atom. The number of hydrogen-bond donors (Lipinski definition) is 0. The molecule has 0 rings (SSSR count). The van der Waals surface area contributed by atoms with Gasteiger partial charge in [0.15, 0.2) is 6.10 Å². The summed E-state index contributed by atoms with van der Waals surface area (Å²) in [6, 6.07) is 0. The first-order valence-corrected chi connectivity index (χ1v) is 34.4. The maximum atomic E-state index is 12.9. The van der Waals surface area contributed by atoms with E-state index in [1.54, 1.807) is 0 Å². The van der Waals surface area contributed by atoms with E-state index in [0.29, 0.717) is 19.3 Å². The molecule has 0 aromatic rings. The van der Waals surface area contributed by atoms with Crippen molar-refractivity contribution in [3.63, 3.8) is 0 Å². The summed E-state index contributed by atoms with van der Waals surface area (Å²) in [5.41, 5.74) is 0. The lowest BCUT2D eigenvalue weighted by Gasteiger charge is -2.18. The third kappa shape index (κ3) is 66.8. The first kappa shape index (κ1) is 77.1. The molecule has 0 N–H and O–H groups in total. The third-order valence-corrected chi connectivity index (χ3v) is 14.8. The minimum Gasteiger partial charge on any atom is -0.462 e. The summed E-state index contributed by atoms with van der Waals surface area (Å²) >= 11 is 0. The van der Waals surface area contributed by atoms with Gasteiger partial charge in [-0.15, -0.1) is 0 Å². The zero-order valence-electron chi connectivity index (χ0n) is 53.3. The molecule has 0 aliphatic heterocycles. The Morgan fingerprint density at radius 3 is 0.753 bits per heavy atom. The number of hydrogen-bond acceptors (Lipinski definition) is 6. The predicted octanol–water partition coefficient (Wildman–Crippen LogP) is 23.8. The van der Waals surface area contributed by atoms with E-state index >= 15 is 0 Å². The van der Waals surface area contributed by atoms with E-state index in [-0.39, 0.29) is 31.1 Å². The first-order chi connectivity index (χ1) is 40.0. The van der Waals surface area contributed by atoms with Gasteiger partial charge in [0.1, 0.15) is 13.2 Å². The van der Waals surface area contributed by atoms with Gasteiger partial charge < -0.3 is 14.2 Å². The molecule has 0 aromatic heterocycles. The second kappa shape index (κ2) is 68.6. The van der Waals surface area contributed by atoms with E-state index < -0.39 is 6.10 Å². The van der Waals surface area contributed by atoms with Crippen LogP contribution in [0.1, 0.15) is 329 Å². The topological polar surface area (TPSA) is 78.9 Å². The molecule has 0 radical (unpaired) electrons. The number of carbonyl (C=O) groups excluding carboxylic acids is 3. The molecule has 1 atom stereocenters. The van der Waals surface area contributed by atoms with E-state index in [9.17, 15) is 14.4 Å². The molecule has 0 fully saturated rings. The van der Waals surface area contributed by atoms with Crippen molar-refractivity contribution in [1.29, 1.82) is 0 Å². The largest absolute Gasteiger partial charge is 0.462 e. The van der Waals surface area contributed by atoms with E-state index in [1.807, 2.05) is 0 Å². The van der Waals surface area contributed by atoms with Crippen LogP contribution < -0.4 is 0 Å². The van der Waals surface area contributed by atoms with Gasteiger partial charge in [0.25, 0.3) is 0 Å². The Labute approximate surface area is 501 Å². The molecule has 0 aliphatic rings. The van der Waals surface area contributed by atoms with Crippen LogP contribution in [0.3, 0.4) is 0 Å². The summed E-state index contributed by atoms with van der Waals surface area (Å²) in [6.07, 6.45) is 94.0. The van der Waals surface area contributed by atoms with E-state index in [0.717, 1.165) is 122 Å². The molecule has 0 aliphatic carbocycles. The van der Waals surface area contributed by atoms with Crippen molar-refractivity contribution in [2.45, 2.75) is 335 Å². The molecular weight excluding hydrogens is 997 g/mol. The van der Waals surface area contributed by atoms with Gasteiger partial charge in [-0.05, 0) is 103 Å². The summed E-state index contributed by atoms with van der Waals surface area (Å²) in [4.78, 5) is 38.4. The Kier molecular flexibility index (Phi) is 65.2. The van der Waals surface area contributed by atoms with Crippen LogP contribution in [0, 0.1) is 0 Å². The Hall–Kier alpha value is -3.93. The second-order valence-corrected chi connectivity index (χ2v) is 22.7. The first-order valence-electron chi connectivity index (χ1n) is 34.4. The molecule has 0 spiro atoms. The van der Waals surface area contributed by atoms with Crippen molar-refractivity contribution in [3.8, 4) is 0 Å². The molecule has 0 amide bonds. The number of unbranched alkanes of at least 4 members (excludes halogenated alkanes) is 33. The van der Waals surface area contributed by atoms with Gasteiger partial charge in [0.2, 0.25) is 0 Å². The molecule has 0 bridgehead atoms. The highest BCUT2D eigenvalue weighted by Crippen LogP contribution is 2.17. The summed E-state index contributed by atoms with van der Waals surface area (Å²) in [6.45, 7) is 6.43. The average Bonchev–Trinajstić information content (AvgIpc) is 3.47. The molecule has 6 heteroatoms. The van der Waals surface area contributed by atoms with Gasteiger partial charge in [-0.2, -0.15) is 0 Å². The highest BCUT2D eigenvalue weighted by Gasteiger charge is 2.19. The van der Waals surface area contributed by atoms with Gasteiger partial charge in [0.05, 0.1) is 0 Å². The Balaban J connectivity index is 4.23. The van der Waals surface area contributed by atoms with Gasteiger partial charge in [-0.3, -0.25) is 14.4 Å². The smallest absolute Gasteiger partial charge is 0.306 e. The second-order valence-electron chi connectivity index (χ2n) is 22.7. The quantitative estimate of drug-likeness (QED) is 0.0261. The van der Waals surface area contributed by atoms with Gasteiger partial charge in [-0.25, -0.2) is 0 Å². The fraction of sp³-hybridized carbons (Fsp3) is 0.720. The summed E-state index contributed by atoms with van der Waals surface area (Å²) < 4.78 is 16.9. The fourth-order valence-corrected chi connectivity index (χ4v) is 9.70. The average molecular weight is 1130 g/mol. The van der Waals surface area contributed by atoms with Crippen LogP contribution in [0.5, 0.6) is 0 Å². The van der Waals surface area contributed by atoms with Crippen LogP contribution in [0.25, 0.3) is 0 Å². The van der Waals surface area contributed by atoms with Gasteiger partial charge >= 0.3 is 17.9 Å². The summed E-state index contributed by atoms with van der Waals surface area (Å²) in [5, 5.41) is 0. The Morgan fingerprint density at radius 2 is 0.481 bits per heavy atom. The zero-order chi connectivity index (χ0) is 58.5. The number of rotatable bonds is 62. The third-order valence-electron chi connectivity index (χ3n) is 14.8. The van der Waals surface area contributed by atoms with Crippen LogP contribution in [0.4, 0.5) is 0 Å². The normalized spacial score (nSPS) is 12.8. The lowest BCUT2D eigenvalue weighted by molar-refractivity contribution is -0.167. The lowest BCUT2D eigenvalue weighted by Crippen LogP contribution is -2.30. The lowest BCUT2D eigenvalue weighted by atomic mass is 10.0. The molecule has 0 saturated heterocycles. The minimum atomic E-state index is -0.784. The fourth-order valence-electron chi connectivity index (χ4n) is 9.70. The standard InChI is InChI=1S/C75H128O6/c1-4-7-10-13-16-19-22-24-26-28-30-32-34-35-36-37-38-39-41-42-44-46-48-50-53-56-59-62-65-68-74(77)80-71-72(70-79-73(76)67-64-61-58-55-52-21-18-15-12-9-6-3)81-75(78)69-66-63-60-57-54-51-49-47-45-43-40-33-31-29-27-25-23-20-17-14-11-8-5-2/h7-8,10-11,16-17,19-20,24-27,30-33,43,45,72H,4-6,9,12-15,18,21-23,28-29,34-42,44,46-71H2,1-3H3/b10-7-,11-8-,19-16-,20-17-,26-24-,27-25-,32-30-,33-31-,45-43-. The summed E-state index contributed by atoms with van der Waals surface area (Å²) in [5.74, 6) is -0.878. The Bertz CT molecular complexity index is 1620. The van der Waals surface area contributed by atoms with Gasteiger partial charge in [-0.1, -0.05) is 316 Å². The number of esters is 3. The van der Waals surface area contributed by atoms with Gasteiger partial charge in [0, 0.05) is 19.3 Å². The van der Waals surface area contributed by atoms with Crippen molar-refractivity contribution in [2.24, 2.45) is 0 Å². The van der Waals surface area contributed by atoms with E-state index in [4.69, 9.17) is 14.2 Å². The molecule has 0 saturated carbocycles. The van der Waals surface area contributed by atoms with E-state index in [2.05, 4.69) is 130 Å². The van der Waals surface area contributed by atoms with Crippen LogP contribution in [-0.2, 0) is 28.6 Å². The van der Waals surface area contributed by atoms with Crippen LogP contribution >= 0.6 is 0 Å². The molecule has 0 heterocycles. The minimum absolute atomic E-state index is 0.0792. The van der Waals surface area contributed by atoms with Crippen LogP contribution in [-0.4, -0.2) is 37.2 Å². The van der Waals surface area contributed by atoms with Crippen molar-refractivity contribution in [3.05, 3.63) is 109 Å². The van der Waals surface area contributed by atoms with Crippen LogP contribution in [0.2, 0.25) is 0 Å². The van der Waals surface area contributed by atoms with Crippen molar-refractivity contribution in [1.82, 2.24) is 0 Å². The highest BCUT2D eigenvalue weighted by molar-refractivity contribution is 5.71. The molecule has 81 heavy (non-hydrogen) atoms. The zero-order valence-corrected chi connectivity index (χ0v) is 53.3. The molecular formula is C75H128O6. The van der Waals surface area contributed by atoms with Crippen molar-refractivity contribution >= 4 is 17.9 Å². The molecule has 1 unspecified atom stereocenters. The SMILES string of the molecule is CC/C=C\C/C=C\C/C=C\C/C=C\C/C=C\CCCCCCCCCC(=O)OC(COC(=O)CCCCCCCCCCCCC)COC(=O)CCCCCCCCCCCCCCCCCC/C=C\C/C=C\C/C=C\C/C=C\CC. The number of ether oxygens (including phenoxy) is 3. The highest BCUT2D eigenvalue weighted by atomic mass is 16.6. The number of carbonyl (C=O) groups is 3. The van der Waals surface area contributed by atoms with Crippen molar-refractivity contribution in [2.75, 3.05) is 13.2 Å². The maximum absolute atomic E-state index is 12.9. The maximum Gasteiger partial charge on any atom is 0.306 e. The monoisotopic (exact) mass is 1120 g/mol.